The fourth-order valence-electron chi connectivity index (χ4n) is 3.38. The molecule has 1 atom stereocenters. The molecule has 120 valence electrons. The van der Waals surface area contributed by atoms with Crippen LogP contribution in [0.1, 0.15) is 34.9 Å². The SMILES string of the molecule is O=C(c1ccccn1)N1CCCC(c2cc3ccccc3cn2)C1. The molecule has 1 aromatic carbocycles. The van der Waals surface area contributed by atoms with Crippen LogP contribution in [0.4, 0.5) is 0 Å². The summed E-state index contributed by atoms with van der Waals surface area (Å²) in [6.45, 7) is 1.50. The summed E-state index contributed by atoms with van der Waals surface area (Å²) in [6, 6.07) is 15.9. The Balaban J connectivity index is 1.56. The molecule has 1 amide bonds. The third kappa shape index (κ3) is 2.87. The van der Waals surface area contributed by atoms with E-state index in [1.54, 1.807) is 12.3 Å². The van der Waals surface area contributed by atoms with Crippen molar-refractivity contribution in [3.05, 3.63) is 72.3 Å². The van der Waals surface area contributed by atoms with E-state index in [0.717, 1.165) is 30.5 Å². The maximum Gasteiger partial charge on any atom is 0.272 e. The smallest absolute Gasteiger partial charge is 0.272 e. The average molecular weight is 317 g/mol. The van der Waals surface area contributed by atoms with E-state index in [1.165, 1.54) is 5.39 Å². The van der Waals surface area contributed by atoms with Crippen molar-refractivity contribution in [2.24, 2.45) is 0 Å². The van der Waals surface area contributed by atoms with Crippen molar-refractivity contribution in [1.82, 2.24) is 14.9 Å². The van der Waals surface area contributed by atoms with Crippen molar-refractivity contribution in [3.8, 4) is 0 Å². The standard InChI is InChI=1S/C20H19N3O/c24-20(18-9-3-4-10-21-18)23-11-5-8-17(14-23)19-12-15-6-1-2-7-16(15)13-22-19/h1-4,6-7,9-10,12-13,17H,5,8,11,14H2. The quantitative estimate of drug-likeness (QED) is 0.725. The summed E-state index contributed by atoms with van der Waals surface area (Å²) in [5.41, 5.74) is 1.59. The first-order chi connectivity index (χ1) is 11.8. The molecule has 0 N–H and O–H groups in total. The highest BCUT2D eigenvalue weighted by Gasteiger charge is 2.26. The first-order valence-corrected chi connectivity index (χ1v) is 8.36. The summed E-state index contributed by atoms with van der Waals surface area (Å²) in [7, 11) is 0. The Kier molecular flexibility index (Phi) is 3.95. The van der Waals surface area contributed by atoms with Gasteiger partial charge in [0.15, 0.2) is 0 Å². The van der Waals surface area contributed by atoms with Gasteiger partial charge >= 0.3 is 0 Å². The maximum atomic E-state index is 12.6. The molecule has 4 nitrogen and oxygen atoms in total. The molecule has 3 aromatic rings. The number of rotatable bonds is 2. The topological polar surface area (TPSA) is 46.1 Å². The lowest BCUT2D eigenvalue weighted by atomic mass is 9.93. The second-order valence-corrected chi connectivity index (χ2v) is 6.26. The van der Waals surface area contributed by atoms with E-state index >= 15 is 0 Å². The molecule has 4 heteroatoms. The van der Waals surface area contributed by atoms with Crippen LogP contribution in [0, 0.1) is 0 Å². The predicted molar refractivity (Wildman–Crippen MR) is 93.9 cm³/mol. The molecule has 0 bridgehead atoms. The number of likely N-dealkylation sites (tertiary alicyclic amines) is 1. The zero-order valence-corrected chi connectivity index (χ0v) is 13.4. The molecule has 4 rings (SSSR count). The zero-order valence-electron chi connectivity index (χ0n) is 13.4. The van der Waals surface area contributed by atoms with Gasteiger partial charge in [0.25, 0.3) is 5.91 Å². The number of carbonyl (C=O) groups is 1. The summed E-state index contributed by atoms with van der Waals surface area (Å²) in [5, 5.41) is 2.36. The van der Waals surface area contributed by atoms with E-state index < -0.39 is 0 Å². The molecule has 2 aromatic heterocycles. The van der Waals surface area contributed by atoms with Crippen molar-refractivity contribution < 1.29 is 4.79 Å². The van der Waals surface area contributed by atoms with E-state index in [0.29, 0.717) is 12.2 Å². The van der Waals surface area contributed by atoms with Gasteiger partial charge in [-0.1, -0.05) is 30.3 Å². The number of hydrogen-bond donors (Lipinski definition) is 0. The number of aromatic nitrogens is 2. The third-order valence-electron chi connectivity index (χ3n) is 4.66. The molecule has 24 heavy (non-hydrogen) atoms. The molecule has 0 radical (unpaired) electrons. The van der Waals surface area contributed by atoms with Gasteiger partial charge < -0.3 is 4.90 Å². The molecule has 0 saturated carbocycles. The van der Waals surface area contributed by atoms with Crippen LogP contribution >= 0.6 is 0 Å². The minimum Gasteiger partial charge on any atom is -0.337 e. The maximum absolute atomic E-state index is 12.6. The van der Waals surface area contributed by atoms with Crippen molar-refractivity contribution in [2.75, 3.05) is 13.1 Å². The average Bonchev–Trinajstić information content (AvgIpc) is 2.68. The van der Waals surface area contributed by atoms with Gasteiger partial charge in [0, 0.05) is 42.5 Å². The second kappa shape index (κ2) is 6.40. The van der Waals surface area contributed by atoms with Crippen molar-refractivity contribution in [2.45, 2.75) is 18.8 Å². The number of carbonyl (C=O) groups excluding carboxylic acids is 1. The van der Waals surface area contributed by atoms with Crippen LogP contribution in [0.25, 0.3) is 10.8 Å². The number of nitrogens with zero attached hydrogens (tertiary/aromatic N) is 3. The van der Waals surface area contributed by atoms with Gasteiger partial charge in [-0.2, -0.15) is 0 Å². The van der Waals surface area contributed by atoms with Gasteiger partial charge in [0.2, 0.25) is 0 Å². The third-order valence-corrected chi connectivity index (χ3v) is 4.66. The molecule has 0 aliphatic carbocycles. The first kappa shape index (κ1) is 14.8. The lowest BCUT2D eigenvalue weighted by molar-refractivity contribution is 0.0700. The van der Waals surface area contributed by atoms with Gasteiger partial charge in [0.1, 0.15) is 5.69 Å². The second-order valence-electron chi connectivity index (χ2n) is 6.26. The van der Waals surface area contributed by atoms with Crippen LogP contribution < -0.4 is 0 Å². The molecule has 1 fully saturated rings. The fraction of sp³-hybridized carbons (Fsp3) is 0.250. The molecular weight excluding hydrogens is 298 g/mol. The highest BCUT2D eigenvalue weighted by atomic mass is 16.2. The number of amides is 1. The Hall–Kier alpha value is -2.75. The molecule has 0 spiro atoms. The zero-order chi connectivity index (χ0) is 16.4. The monoisotopic (exact) mass is 317 g/mol. The van der Waals surface area contributed by atoms with Crippen LogP contribution in [-0.2, 0) is 0 Å². The Morgan fingerprint density at radius 3 is 2.71 bits per heavy atom. The minimum atomic E-state index is 0.0149. The lowest BCUT2D eigenvalue weighted by Crippen LogP contribution is -2.39. The van der Waals surface area contributed by atoms with Crippen molar-refractivity contribution in [1.29, 1.82) is 0 Å². The molecule has 1 saturated heterocycles. The normalized spacial score (nSPS) is 17.8. The van der Waals surface area contributed by atoms with Gasteiger partial charge in [-0.05, 0) is 36.4 Å². The van der Waals surface area contributed by atoms with Crippen LogP contribution in [0.3, 0.4) is 0 Å². The molecule has 3 heterocycles. The Morgan fingerprint density at radius 2 is 1.88 bits per heavy atom. The van der Waals surface area contributed by atoms with Crippen LogP contribution in [0.5, 0.6) is 0 Å². The van der Waals surface area contributed by atoms with E-state index in [9.17, 15) is 4.79 Å². The summed E-state index contributed by atoms with van der Waals surface area (Å²) in [5.74, 6) is 0.303. The Morgan fingerprint density at radius 1 is 1.04 bits per heavy atom. The molecular formula is C20H19N3O. The number of hydrogen-bond acceptors (Lipinski definition) is 3. The van der Waals surface area contributed by atoms with E-state index in [-0.39, 0.29) is 11.8 Å². The largest absolute Gasteiger partial charge is 0.337 e. The van der Waals surface area contributed by atoms with Gasteiger partial charge in [0.05, 0.1) is 0 Å². The molecule has 1 unspecified atom stereocenters. The lowest BCUT2D eigenvalue weighted by Gasteiger charge is -2.32. The van der Waals surface area contributed by atoms with Crippen LogP contribution in [0.15, 0.2) is 60.9 Å². The molecule has 1 aliphatic rings. The molecule has 1 aliphatic heterocycles. The van der Waals surface area contributed by atoms with E-state index in [4.69, 9.17) is 0 Å². The minimum absolute atomic E-state index is 0.0149. The highest BCUT2D eigenvalue weighted by Crippen LogP contribution is 2.28. The number of pyridine rings is 2. The van der Waals surface area contributed by atoms with Crippen molar-refractivity contribution in [3.63, 3.8) is 0 Å². The van der Waals surface area contributed by atoms with Crippen molar-refractivity contribution >= 4 is 16.7 Å². The predicted octanol–water partition coefficient (Wildman–Crippen LogP) is 3.65. The van der Waals surface area contributed by atoms with Crippen LogP contribution in [-0.4, -0.2) is 33.9 Å². The summed E-state index contributed by atoms with van der Waals surface area (Å²) in [6.07, 6.45) is 5.67. The summed E-state index contributed by atoms with van der Waals surface area (Å²) in [4.78, 5) is 23.4. The number of piperidine rings is 1. The van der Waals surface area contributed by atoms with Gasteiger partial charge in [-0.3, -0.25) is 14.8 Å². The summed E-state index contributed by atoms with van der Waals surface area (Å²) >= 11 is 0. The fourth-order valence-corrected chi connectivity index (χ4v) is 3.38. The number of benzene rings is 1. The Bertz CT molecular complexity index is 863. The Labute approximate surface area is 141 Å². The van der Waals surface area contributed by atoms with E-state index in [1.807, 2.05) is 35.4 Å². The first-order valence-electron chi connectivity index (χ1n) is 8.36. The number of fused-ring (bicyclic) bond motifs is 1. The van der Waals surface area contributed by atoms with Gasteiger partial charge in [-0.25, -0.2) is 0 Å². The van der Waals surface area contributed by atoms with Gasteiger partial charge in [-0.15, -0.1) is 0 Å². The van der Waals surface area contributed by atoms with E-state index in [2.05, 4.69) is 28.2 Å². The summed E-state index contributed by atoms with van der Waals surface area (Å²) < 4.78 is 0. The highest BCUT2D eigenvalue weighted by molar-refractivity contribution is 5.92. The van der Waals surface area contributed by atoms with Crippen LogP contribution in [0.2, 0.25) is 0 Å².